The van der Waals surface area contributed by atoms with Crippen LogP contribution in [0.1, 0.15) is 56.1 Å². The molecule has 4 rings (SSSR count). The molecule has 2 nitrogen and oxygen atoms in total. The van der Waals surface area contributed by atoms with E-state index in [2.05, 4.69) is 12.1 Å². The highest BCUT2D eigenvalue weighted by atomic mass is 19.3. The Morgan fingerprint density at radius 3 is 2.62 bits per heavy atom. The zero-order chi connectivity index (χ0) is 18.7. The van der Waals surface area contributed by atoms with Crippen LogP contribution in [0.15, 0.2) is 30.1 Å². The highest BCUT2D eigenvalue weighted by molar-refractivity contribution is 5.41. The Hall–Kier alpha value is -1.49. The zero-order valence-electron chi connectivity index (χ0n) is 15.2. The van der Waals surface area contributed by atoms with E-state index in [1.54, 1.807) is 7.11 Å². The maximum absolute atomic E-state index is 14.2. The van der Waals surface area contributed by atoms with Crippen molar-refractivity contribution >= 4 is 0 Å². The molecule has 142 valence electrons. The minimum absolute atomic E-state index is 0.0617. The molecule has 0 radical (unpaired) electrons. The van der Waals surface area contributed by atoms with Gasteiger partial charge in [0.25, 0.3) is 0 Å². The number of aryl methyl sites for hydroxylation is 1. The molecule has 5 heteroatoms. The van der Waals surface area contributed by atoms with E-state index in [1.807, 2.05) is 13.0 Å². The largest absolute Gasteiger partial charge is 0.497 e. The highest BCUT2D eigenvalue weighted by Crippen LogP contribution is 2.66. The summed E-state index contributed by atoms with van der Waals surface area (Å²) in [4.78, 5) is 0. The summed E-state index contributed by atoms with van der Waals surface area (Å²) in [6.45, 7) is 1.81. The molecule has 0 saturated heterocycles. The average molecular weight is 366 g/mol. The summed E-state index contributed by atoms with van der Waals surface area (Å²) in [7, 11) is 1.66. The quantitative estimate of drug-likeness (QED) is 0.763. The SMILES string of the molecule is COc1ccc2c(c1)CCC1C2CCC2(C)C1CCC2(O)C(F)=C(F)F. The van der Waals surface area contributed by atoms with Crippen LogP contribution in [0, 0.1) is 17.3 Å². The molecule has 2 saturated carbocycles. The Labute approximate surface area is 152 Å². The van der Waals surface area contributed by atoms with Crippen LogP contribution in [0.5, 0.6) is 5.75 Å². The molecule has 0 heterocycles. The number of rotatable bonds is 2. The second kappa shape index (κ2) is 6.01. The van der Waals surface area contributed by atoms with Gasteiger partial charge in [0.2, 0.25) is 0 Å². The molecule has 0 aliphatic heterocycles. The van der Waals surface area contributed by atoms with Crippen LogP contribution < -0.4 is 4.74 Å². The van der Waals surface area contributed by atoms with Crippen molar-refractivity contribution in [3.63, 3.8) is 0 Å². The van der Waals surface area contributed by atoms with E-state index < -0.39 is 22.9 Å². The molecular weight excluding hydrogens is 341 g/mol. The van der Waals surface area contributed by atoms with E-state index in [9.17, 15) is 18.3 Å². The lowest BCUT2D eigenvalue weighted by Gasteiger charge is -2.52. The van der Waals surface area contributed by atoms with E-state index in [4.69, 9.17) is 4.74 Å². The van der Waals surface area contributed by atoms with Crippen molar-refractivity contribution in [2.45, 2.75) is 57.0 Å². The second-order valence-corrected chi connectivity index (χ2v) is 8.41. The van der Waals surface area contributed by atoms with Crippen molar-refractivity contribution in [2.75, 3.05) is 7.11 Å². The van der Waals surface area contributed by atoms with Crippen molar-refractivity contribution in [2.24, 2.45) is 17.3 Å². The summed E-state index contributed by atoms with van der Waals surface area (Å²) in [5.41, 5.74) is -0.247. The molecule has 5 unspecified atom stereocenters. The van der Waals surface area contributed by atoms with Gasteiger partial charge in [-0.25, -0.2) is 4.39 Å². The van der Waals surface area contributed by atoms with E-state index in [0.29, 0.717) is 24.7 Å². The second-order valence-electron chi connectivity index (χ2n) is 8.41. The predicted molar refractivity (Wildman–Crippen MR) is 92.9 cm³/mol. The summed E-state index contributed by atoms with van der Waals surface area (Å²) in [5, 5.41) is 10.9. The van der Waals surface area contributed by atoms with Crippen molar-refractivity contribution < 1.29 is 23.0 Å². The topological polar surface area (TPSA) is 29.5 Å². The normalized spacial score (nSPS) is 38.2. The Morgan fingerprint density at radius 1 is 1.15 bits per heavy atom. The van der Waals surface area contributed by atoms with Crippen molar-refractivity contribution in [1.29, 1.82) is 0 Å². The van der Waals surface area contributed by atoms with Gasteiger partial charge in [-0.05, 0) is 79.5 Å². The summed E-state index contributed by atoms with van der Waals surface area (Å²) in [6.07, 6.45) is 1.51. The summed E-state index contributed by atoms with van der Waals surface area (Å²) in [5.74, 6) is -0.0382. The molecular formula is C21H25F3O2. The summed E-state index contributed by atoms with van der Waals surface area (Å²) >= 11 is 0. The summed E-state index contributed by atoms with van der Waals surface area (Å²) < 4.78 is 45.5. The molecule has 3 aliphatic rings. The van der Waals surface area contributed by atoms with Crippen LogP contribution in [-0.2, 0) is 6.42 Å². The van der Waals surface area contributed by atoms with E-state index in [0.717, 1.165) is 25.0 Å². The van der Waals surface area contributed by atoms with Crippen molar-refractivity contribution in [3.05, 3.63) is 41.2 Å². The third kappa shape index (κ3) is 2.29. The van der Waals surface area contributed by atoms with Crippen LogP contribution in [0.25, 0.3) is 0 Å². The first-order chi connectivity index (χ1) is 12.3. The van der Waals surface area contributed by atoms with Crippen LogP contribution in [-0.4, -0.2) is 17.8 Å². The number of methoxy groups -OCH3 is 1. The Balaban J connectivity index is 1.69. The number of aliphatic hydroxyl groups is 1. The van der Waals surface area contributed by atoms with Gasteiger partial charge in [-0.2, -0.15) is 8.78 Å². The zero-order valence-corrected chi connectivity index (χ0v) is 15.2. The standard InChI is InChI=1S/C21H25F3O2/c1-20-9-7-15-14-6-4-13(26-2)11-12(14)3-5-16(15)17(20)8-10-21(20,25)18(22)19(23)24/h4,6,11,15-17,25H,3,5,7-10H2,1-2H3. The van der Waals surface area contributed by atoms with E-state index in [-0.39, 0.29) is 12.3 Å². The molecule has 0 spiro atoms. The number of halogens is 3. The van der Waals surface area contributed by atoms with Gasteiger partial charge in [0, 0.05) is 5.41 Å². The lowest BCUT2D eigenvalue weighted by atomic mass is 9.53. The number of fused-ring (bicyclic) bond motifs is 5. The molecule has 0 aromatic heterocycles. The van der Waals surface area contributed by atoms with Crippen molar-refractivity contribution in [1.82, 2.24) is 0 Å². The third-order valence-electron chi connectivity index (χ3n) is 7.61. The average Bonchev–Trinajstić information content (AvgIpc) is 2.92. The molecule has 3 aliphatic carbocycles. The molecule has 26 heavy (non-hydrogen) atoms. The Morgan fingerprint density at radius 2 is 1.92 bits per heavy atom. The molecule has 1 aromatic rings. The van der Waals surface area contributed by atoms with Gasteiger partial charge in [-0.1, -0.05) is 13.0 Å². The lowest BCUT2D eigenvalue weighted by Crippen LogP contribution is -2.51. The minimum atomic E-state index is -2.38. The highest BCUT2D eigenvalue weighted by Gasteiger charge is 2.64. The van der Waals surface area contributed by atoms with Gasteiger partial charge in [0.1, 0.15) is 11.4 Å². The fraction of sp³-hybridized carbons (Fsp3) is 0.619. The Bertz CT molecular complexity index is 758. The smallest absolute Gasteiger partial charge is 0.304 e. The monoisotopic (exact) mass is 366 g/mol. The first-order valence-electron chi connectivity index (χ1n) is 9.42. The fourth-order valence-corrected chi connectivity index (χ4v) is 6.22. The maximum atomic E-state index is 14.2. The molecule has 1 aromatic carbocycles. The lowest BCUT2D eigenvalue weighted by molar-refractivity contribution is -0.0927. The van der Waals surface area contributed by atoms with Crippen molar-refractivity contribution in [3.8, 4) is 5.75 Å². The van der Waals surface area contributed by atoms with Crippen LogP contribution >= 0.6 is 0 Å². The minimum Gasteiger partial charge on any atom is -0.497 e. The van der Waals surface area contributed by atoms with Crippen LogP contribution in [0.3, 0.4) is 0 Å². The number of ether oxygens (including phenoxy) is 1. The number of benzene rings is 1. The van der Waals surface area contributed by atoms with E-state index >= 15 is 0 Å². The van der Waals surface area contributed by atoms with Gasteiger partial charge >= 0.3 is 6.08 Å². The molecule has 0 bridgehead atoms. The number of hydrogen-bond donors (Lipinski definition) is 1. The molecule has 2 fully saturated rings. The van der Waals surface area contributed by atoms with Crippen LogP contribution in [0.4, 0.5) is 13.2 Å². The molecule has 1 N–H and O–H groups in total. The fourth-order valence-electron chi connectivity index (χ4n) is 6.22. The number of hydrogen-bond acceptors (Lipinski definition) is 2. The molecule has 5 atom stereocenters. The maximum Gasteiger partial charge on any atom is 0.304 e. The van der Waals surface area contributed by atoms with Gasteiger partial charge in [-0.3, -0.25) is 0 Å². The summed E-state index contributed by atoms with van der Waals surface area (Å²) in [6, 6.07) is 6.18. The van der Waals surface area contributed by atoms with Gasteiger partial charge in [-0.15, -0.1) is 0 Å². The Kier molecular flexibility index (Phi) is 4.14. The first-order valence-corrected chi connectivity index (χ1v) is 9.42. The van der Waals surface area contributed by atoms with E-state index in [1.165, 1.54) is 11.1 Å². The third-order valence-corrected chi connectivity index (χ3v) is 7.61. The molecule has 0 amide bonds. The first kappa shape index (κ1) is 17.9. The van der Waals surface area contributed by atoms with Gasteiger partial charge in [0.15, 0.2) is 5.83 Å². The van der Waals surface area contributed by atoms with Gasteiger partial charge < -0.3 is 9.84 Å². The van der Waals surface area contributed by atoms with Gasteiger partial charge in [0.05, 0.1) is 7.11 Å². The predicted octanol–water partition coefficient (Wildman–Crippen LogP) is 5.36. The van der Waals surface area contributed by atoms with Crippen LogP contribution in [0.2, 0.25) is 0 Å².